The van der Waals surface area contributed by atoms with Crippen molar-refractivity contribution in [3.05, 3.63) is 60.4 Å². The highest BCUT2D eigenvalue weighted by molar-refractivity contribution is 7.80. The third-order valence-electron chi connectivity index (χ3n) is 2.79. The van der Waals surface area contributed by atoms with Crippen molar-refractivity contribution in [1.29, 1.82) is 0 Å². The molecule has 0 saturated heterocycles. The summed E-state index contributed by atoms with van der Waals surface area (Å²) >= 11 is 5.40. The molecule has 0 bridgehead atoms. The lowest BCUT2D eigenvalue weighted by molar-refractivity contribution is 0.248. The first-order valence-corrected chi connectivity index (χ1v) is 6.81. The molecule has 5 heteroatoms. The Morgan fingerprint density at radius 3 is 2.65 bits per heavy atom. The first-order valence-electron chi connectivity index (χ1n) is 6.40. The van der Waals surface area contributed by atoms with Gasteiger partial charge in [-0.05, 0) is 29.9 Å². The number of benzene rings is 1. The van der Waals surface area contributed by atoms with Crippen molar-refractivity contribution < 1.29 is 5.11 Å². The summed E-state index contributed by atoms with van der Waals surface area (Å²) in [6.45, 7) is 1.20. The van der Waals surface area contributed by atoms with Crippen molar-refractivity contribution in [2.45, 2.75) is 6.54 Å². The molecule has 0 atom stereocenters. The van der Waals surface area contributed by atoms with Crippen LogP contribution in [0.1, 0.15) is 5.56 Å². The van der Waals surface area contributed by atoms with E-state index in [1.807, 2.05) is 47.4 Å². The maximum Gasteiger partial charge on any atom is 0.173 e. The fourth-order valence-electron chi connectivity index (χ4n) is 1.82. The average molecular weight is 287 g/mol. The number of nitrogens with zero attached hydrogens (tertiary/aromatic N) is 2. The molecule has 2 aromatic rings. The topological polar surface area (TPSA) is 48.4 Å². The summed E-state index contributed by atoms with van der Waals surface area (Å²) in [5.41, 5.74) is 1.99. The van der Waals surface area contributed by atoms with E-state index < -0.39 is 0 Å². The Morgan fingerprint density at radius 1 is 1.20 bits per heavy atom. The maximum atomic E-state index is 9.19. The van der Waals surface area contributed by atoms with Gasteiger partial charge in [0.15, 0.2) is 5.11 Å². The van der Waals surface area contributed by atoms with E-state index in [2.05, 4.69) is 10.3 Å². The fourth-order valence-corrected chi connectivity index (χ4v) is 2.09. The lowest BCUT2D eigenvalue weighted by atomic mass is 10.2. The van der Waals surface area contributed by atoms with Crippen LogP contribution in [-0.2, 0) is 6.54 Å². The third-order valence-corrected chi connectivity index (χ3v) is 3.15. The molecule has 0 spiro atoms. The summed E-state index contributed by atoms with van der Waals surface area (Å²) < 4.78 is 0. The molecular formula is C15H17N3OS. The average Bonchev–Trinajstić information content (AvgIpc) is 2.49. The summed E-state index contributed by atoms with van der Waals surface area (Å²) in [6.07, 6.45) is 3.43. The molecule has 0 amide bonds. The minimum Gasteiger partial charge on any atom is -0.395 e. The summed E-state index contributed by atoms with van der Waals surface area (Å²) in [6, 6.07) is 13.8. The standard InChI is InChI=1S/C15H17N3OS/c19-10-9-18(12-13-5-2-1-3-6-13)15(20)17-14-7-4-8-16-11-14/h1-8,11,19H,9-10,12H2,(H,17,20). The van der Waals surface area contributed by atoms with E-state index >= 15 is 0 Å². The number of rotatable bonds is 5. The summed E-state index contributed by atoms with van der Waals surface area (Å²) in [4.78, 5) is 5.97. The van der Waals surface area contributed by atoms with Crippen LogP contribution in [0.4, 0.5) is 5.69 Å². The van der Waals surface area contributed by atoms with Crippen molar-refractivity contribution in [3.63, 3.8) is 0 Å². The zero-order valence-corrected chi connectivity index (χ0v) is 11.9. The molecule has 104 valence electrons. The van der Waals surface area contributed by atoms with E-state index in [0.717, 1.165) is 11.3 Å². The summed E-state index contributed by atoms with van der Waals surface area (Å²) in [5.74, 6) is 0. The number of anilines is 1. The van der Waals surface area contributed by atoms with Gasteiger partial charge in [0.1, 0.15) is 0 Å². The number of thiocarbonyl (C=S) groups is 1. The van der Waals surface area contributed by atoms with E-state index in [1.54, 1.807) is 12.4 Å². The maximum absolute atomic E-state index is 9.19. The number of pyridine rings is 1. The number of aliphatic hydroxyl groups is 1. The second kappa shape index (κ2) is 7.57. The van der Waals surface area contributed by atoms with E-state index in [9.17, 15) is 5.11 Å². The van der Waals surface area contributed by atoms with Gasteiger partial charge in [0.25, 0.3) is 0 Å². The number of aromatic nitrogens is 1. The summed E-state index contributed by atoms with van der Waals surface area (Å²) in [7, 11) is 0. The first kappa shape index (κ1) is 14.4. The smallest absolute Gasteiger partial charge is 0.173 e. The van der Waals surface area contributed by atoms with Gasteiger partial charge in [-0.15, -0.1) is 0 Å². The van der Waals surface area contributed by atoms with Gasteiger partial charge in [-0.2, -0.15) is 0 Å². The fraction of sp³-hybridized carbons (Fsp3) is 0.200. The Hall–Kier alpha value is -1.98. The Kier molecular flexibility index (Phi) is 5.46. The molecule has 20 heavy (non-hydrogen) atoms. The molecule has 0 fully saturated rings. The number of nitrogens with one attached hydrogen (secondary N) is 1. The SMILES string of the molecule is OCCN(Cc1ccccc1)C(=S)Nc1cccnc1. The van der Waals surface area contributed by atoms with Crippen LogP contribution >= 0.6 is 12.2 Å². The monoisotopic (exact) mass is 287 g/mol. The van der Waals surface area contributed by atoms with Crippen molar-refractivity contribution in [2.24, 2.45) is 0 Å². The normalized spacial score (nSPS) is 10.1. The molecule has 1 aromatic heterocycles. The lowest BCUT2D eigenvalue weighted by Gasteiger charge is -2.25. The molecular weight excluding hydrogens is 270 g/mol. The highest BCUT2D eigenvalue weighted by atomic mass is 32.1. The van der Waals surface area contributed by atoms with Crippen LogP contribution < -0.4 is 5.32 Å². The van der Waals surface area contributed by atoms with Gasteiger partial charge in [0.05, 0.1) is 18.5 Å². The third kappa shape index (κ3) is 4.29. The van der Waals surface area contributed by atoms with Crippen LogP contribution in [0, 0.1) is 0 Å². The van der Waals surface area contributed by atoms with Crippen LogP contribution in [0.25, 0.3) is 0 Å². The Balaban J connectivity index is 2.02. The predicted molar refractivity (Wildman–Crippen MR) is 84.4 cm³/mol. The number of aliphatic hydroxyl groups excluding tert-OH is 1. The highest BCUT2D eigenvalue weighted by Gasteiger charge is 2.10. The Bertz CT molecular complexity index is 533. The molecule has 2 N–H and O–H groups in total. The van der Waals surface area contributed by atoms with Crippen molar-refractivity contribution in [3.8, 4) is 0 Å². The van der Waals surface area contributed by atoms with E-state index in [1.165, 1.54) is 0 Å². The molecule has 0 aliphatic rings. The van der Waals surface area contributed by atoms with Gasteiger partial charge < -0.3 is 15.3 Å². The van der Waals surface area contributed by atoms with Crippen LogP contribution in [-0.4, -0.2) is 33.3 Å². The molecule has 2 rings (SSSR count). The van der Waals surface area contributed by atoms with E-state index in [0.29, 0.717) is 18.2 Å². The van der Waals surface area contributed by atoms with Gasteiger partial charge in [-0.3, -0.25) is 4.98 Å². The zero-order valence-electron chi connectivity index (χ0n) is 11.1. The largest absolute Gasteiger partial charge is 0.395 e. The van der Waals surface area contributed by atoms with Crippen molar-refractivity contribution >= 4 is 23.0 Å². The molecule has 0 unspecified atom stereocenters. The highest BCUT2D eigenvalue weighted by Crippen LogP contribution is 2.09. The Labute approximate surface area is 124 Å². The quantitative estimate of drug-likeness (QED) is 0.826. The minimum absolute atomic E-state index is 0.0572. The predicted octanol–water partition coefficient (Wildman–Crippen LogP) is 2.27. The second-order valence-electron chi connectivity index (χ2n) is 4.30. The second-order valence-corrected chi connectivity index (χ2v) is 4.69. The van der Waals surface area contributed by atoms with E-state index in [4.69, 9.17) is 12.2 Å². The van der Waals surface area contributed by atoms with E-state index in [-0.39, 0.29) is 6.61 Å². The molecule has 1 heterocycles. The molecule has 4 nitrogen and oxygen atoms in total. The Morgan fingerprint density at radius 2 is 2.00 bits per heavy atom. The van der Waals surface area contributed by atoms with Gasteiger partial charge >= 0.3 is 0 Å². The van der Waals surface area contributed by atoms with Crippen LogP contribution in [0.2, 0.25) is 0 Å². The number of hydrogen-bond donors (Lipinski definition) is 2. The molecule has 0 aliphatic heterocycles. The van der Waals surface area contributed by atoms with Gasteiger partial charge in [-0.1, -0.05) is 30.3 Å². The lowest BCUT2D eigenvalue weighted by Crippen LogP contribution is -2.36. The van der Waals surface area contributed by atoms with Crippen LogP contribution in [0.15, 0.2) is 54.9 Å². The first-order chi connectivity index (χ1) is 9.79. The van der Waals surface area contributed by atoms with Gasteiger partial charge in [0.2, 0.25) is 0 Å². The minimum atomic E-state index is 0.0572. The van der Waals surface area contributed by atoms with Crippen molar-refractivity contribution in [1.82, 2.24) is 9.88 Å². The van der Waals surface area contributed by atoms with Crippen LogP contribution in [0.5, 0.6) is 0 Å². The molecule has 0 aliphatic carbocycles. The zero-order chi connectivity index (χ0) is 14.2. The van der Waals surface area contributed by atoms with Crippen LogP contribution in [0.3, 0.4) is 0 Å². The number of hydrogen-bond acceptors (Lipinski definition) is 3. The summed E-state index contributed by atoms with van der Waals surface area (Å²) in [5, 5.41) is 12.9. The molecule has 0 saturated carbocycles. The van der Waals surface area contributed by atoms with Crippen molar-refractivity contribution in [2.75, 3.05) is 18.5 Å². The molecule has 0 radical (unpaired) electrons. The van der Waals surface area contributed by atoms with Gasteiger partial charge in [0, 0.05) is 19.3 Å². The molecule has 1 aromatic carbocycles. The van der Waals surface area contributed by atoms with Gasteiger partial charge in [-0.25, -0.2) is 0 Å².